The molecule has 1 aliphatic carbocycles. The monoisotopic (exact) mass is 334 g/mol. The highest BCUT2D eigenvalue weighted by Crippen LogP contribution is 2.42. The second-order valence-corrected chi connectivity index (χ2v) is 8.53. The minimum absolute atomic E-state index is 0.605. The Morgan fingerprint density at radius 2 is 1.90 bits per heavy atom. The Kier molecular flexibility index (Phi) is 3.24. The summed E-state index contributed by atoms with van der Waals surface area (Å²) in [6.07, 6.45) is 2.47. The van der Waals surface area contributed by atoms with Gasteiger partial charge < -0.3 is 0 Å². The maximum atomic E-state index is 4.65. The highest BCUT2D eigenvalue weighted by molar-refractivity contribution is 8.01. The topological polar surface area (TPSA) is 51.6 Å². The highest BCUT2D eigenvalue weighted by Gasteiger charge is 2.28. The molecule has 0 amide bonds. The molecule has 0 aliphatic heterocycles. The fraction of sp³-hybridized carbons (Fsp3) is 0.429. The van der Waals surface area contributed by atoms with Gasteiger partial charge in [-0.1, -0.05) is 0 Å². The van der Waals surface area contributed by atoms with Crippen molar-refractivity contribution in [2.75, 3.05) is 0 Å². The van der Waals surface area contributed by atoms with Gasteiger partial charge in [-0.05, 0) is 62.5 Å². The van der Waals surface area contributed by atoms with Crippen LogP contribution in [0.3, 0.4) is 0 Å². The van der Waals surface area contributed by atoms with Crippen LogP contribution in [0.15, 0.2) is 9.37 Å². The molecule has 108 valence electrons. The molecule has 3 aromatic rings. The van der Waals surface area contributed by atoms with Crippen molar-refractivity contribution in [1.29, 1.82) is 0 Å². The van der Waals surface area contributed by atoms with E-state index in [2.05, 4.69) is 33.2 Å². The van der Waals surface area contributed by atoms with Gasteiger partial charge in [-0.2, -0.15) is 4.37 Å². The molecule has 0 saturated heterocycles. The van der Waals surface area contributed by atoms with E-state index in [-0.39, 0.29) is 0 Å². The van der Waals surface area contributed by atoms with Gasteiger partial charge in [0.2, 0.25) is 0 Å². The van der Waals surface area contributed by atoms with Gasteiger partial charge in [0.15, 0.2) is 4.34 Å². The summed E-state index contributed by atoms with van der Waals surface area (Å²) < 4.78 is 5.46. The first-order chi connectivity index (χ1) is 10.1. The number of hydrogen-bond acceptors (Lipinski definition) is 7. The fourth-order valence-corrected chi connectivity index (χ4v) is 5.21. The Hall–Kier alpha value is -1.05. The average molecular weight is 334 g/mol. The summed E-state index contributed by atoms with van der Waals surface area (Å²) in [4.78, 5) is 16.2. The van der Waals surface area contributed by atoms with Crippen LogP contribution in [0.5, 0.6) is 0 Å². The average Bonchev–Trinajstić information content (AvgIpc) is 3.11. The Labute approximate surface area is 135 Å². The van der Waals surface area contributed by atoms with Crippen molar-refractivity contribution in [3.63, 3.8) is 0 Å². The molecule has 0 bridgehead atoms. The van der Waals surface area contributed by atoms with Gasteiger partial charge in [0.25, 0.3) is 0 Å². The zero-order valence-electron chi connectivity index (χ0n) is 12.0. The van der Waals surface area contributed by atoms with Crippen LogP contribution in [0.25, 0.3) is 10.2 Å². The fourth-order valence-electron chi connectivity index (χ4n) is 2.24. The van der Waals surface area contributed by atoms with Crippen molar-refractivity contribution in [2.45, 2.75) is 48.9 Å². The summed E-state index contributed by atoms with van der Waals surface area (Å²) in [5.74, 6) is 2.44. The summed E-state index contributed by atoms with van der Waals surface area (Å²) in [7, 11) is 0. The molecule has 0 spiro atoms. The first-order valence-corrected chi connectivity index (χ1v) is 9.28. The third-order valence-corrected chi connectivity index (χ3v) is 6.51. The van der Waals surface area contributed by atoms with Gasteiger partial charge in [0, 0.05) is 16.2 Å². The molecule has 0 aromatic carbocycles. The summed E-state index contributed by atoms with van der Waals surface area (Å²) in [6, 6.07) is 0. The lowest BCUT2D eigenvalue weighted by Gasteiger charge is -2.02. The molecule has 4 rings (SSSR count). The smallest absolute Gasteiger partial charge is 0.176 e. The SMILES string of the molecule is Cc1nc(Sc2nc(C3CC3)ns2)c2c(C)c(C)sc2n1. The quantitative estimate of drug-likeness (QED) is 0.660. The van der Waals surface area contributed by atoms with Crippen LogP contribution in [0, 0.1) is 20.8 Å². The summed E-state index contributed by atoms with van der Waals surface area (Å²) in [5.41, 5.74) is 1.28. The van der Waals surface area contributed by atoms with Crippen LogP contribution in [-0.2, 0) is 0 Å². The normalized spacial score (nSPS) is 15.0. The van der Waals surface area contributed by atoms with E-state index in [1.165, 1.54) is 40.2 Å². The van der Waals surface area contributed by atoms with Gasteiger partial charge in [-0.3, -0.25) is 0 Å². The van der Waals surface area contributed by atoms with Gasteiger partial charge in [-0.15, -0.1) is 11.3 Å². The largest absolute Gasteiger partial charge is 0.226 e. The zero-order chi connectivity index (χ0) is 14.6. The molecule has 0 radical (unpaired) electrons. The maximum Gasteiger partial charge on any atom is 0.176 e. The number of fused-ring (bicyclic) bond motifs is 1. The predicted octanol–water partition coefficient (Wildman–Crippen LogP) is 4.50. The summed E-state index contributed by atoms with van der Waals surface area (Å²) in [6.45, 7) is 6.23. The second-order valence-electron chi connectivity index (χ2n) is 5.33. The highest BCUT2D eigenvalue weighted by atomic mass is 32.2. The van der Waals surface area contributed by atoms with Crippen molar-refractivity contribution in [3.05, 3.63) is 22.1 Å². The third kappa shape index (κ3) is 2.47. The van der Waals surface area contributed by atoms with Crippen LogP contribution in [-0.4, -0.2) is 19.3 Å². The lowest BCUT2D eigenvalue weighted by atomic mass is 10.2. The maximum absolute atomic E-state index is 4.65. The van der Waals surface area contributed by atoms with E-state index < -0.39 is 0 Å². The molecule has 7 heteroatoms. The Balaban J connectivity index is 1.77. The molecule has 1 aliphatic rings. The second kappa shape index (κ2) is 5.00. The number of thiophene rings is 1. The molecule has 0 N–H and O–H groups in total. The molecule has 3 aromatic heterocycles. The lowest BCUT2D eigenvalue weighted by molar-refractivity contribution is 0.956. The van der Waals surface area contributed by atoms with Crippen molar-refractivity contribution < 1.29 is 0 Å². The van der Waals surface area contributed by atoms with Crippen LogP contribution in [0.1, 0.15) is 40.8 Å². The van der Waals surface area contributed by atoms with Crippen LogP contribution >= 0.6 is 34.6 Å². The third-order valence-electron chi connectivity index (χ3n) is 3.66. The van der Waals surface area contributed by atoms with Crippen molar-refractivity contribution in [3.8, 4) is 0 Å². The molecule has 4 nitrogen and oxygen atoms in total. The van der Waals surface area contributed by atoms with Gasteiger partial charge in [0.05, 0.1) is 0 Å². The number of aromatic nitrogens is 4. The molecule has 21 heavy (non-hydrogen) atoms. The number of hydrogen-bond donors (Lipinski definition) is 0. The van der Waals surface area contributed by atoms with E-state index >= 15 is 0 Å². The Bertz CT molecular complexity index is 832. The number of nitrogens with zero attached hydrogens (tertiary/aromatic N) is 4. The zero-order valence-corrected chi connectivity index (χ0v) is 14.5. The molecule has 0 atom stereocenters. The summed E-state index contributed by atoms with van der Waals surface area (Å²) in [5, 5.41) is 2.19. The molecule has 1 saturated carbocycles. The Morgan fingerprint density at radius 3 is 2.67 bits per heavy atom. The van der Waals surface area contributed by atoms with Crippen molar-refractivity contribution in [1.82, 2.24) is 19.3 Å². The predicted molar refractivity (Wildman–Crippen MR) is 87.6 cm³/mol. The van der Waals surface area contributed by atoms with Crippen LogP contribution < -0.4 is 0 Å². The van der Waals surface area contributed by atoms with E-state index in [9.17, 15) is 0 Å². The van der Waals surface area contributed by atoms with Crippen LogP contribution in [0.2, 0.25) is 0 Å². The van der Waals surface area contributed by atoms with Crippen molar-refractivity contribution in [2.24, 2.45) is 0 Å². The molecule has 0 unspecified atom stereocenters. The first-order valence-electron chi connectivity index (χ1n) is 6.87. The molecular formula is C14H14N4S3. The van der Waals surface area contributed by atoms with E-state index in [1.54, 1.807) is 23.1 Å². The Morgan fingerprint density at radius 1 is 1.10 bits per heavy atom. The van der Waals surface area contributed by atoms with E-state index in [0.717, 1.165) is 25.8 Å². The van der Waals surface area contributed by atoms with Crippen LogP contribution in [0.4, 0.5) is 0 Å². The standard InChI is InChI=1S/C14H14N4S3/c1-6-7(2)19-12-10(6)13(16-8(3)15-12)20-14-17-11(18-21-14)9-4-5-9/h9H,4-5H2,1-3H3. The molecular weight excluding hydrogens is 320 g/mol. The lowest BCUT2D eigenvalue weighted by Crippen LogP contribution is -1.91. The molecule has 1 fully saturated rings. The van der Waals surface area contributed by atoms with Gasteiger partial charge >= 0.3 is 0 Å². The number of rotatable bonds is 3. The van der Waals surface area contributed by atoms with Crippen molar-refractivity contribution >= 4 is 44.8 Å². The molecule has 3 heterocycles. The minimum atomic E-state index is 0.605. The van der Waals surface area contributed by atoms with E-state index in [1.807, 2.05) is 6.92 Å². The van der Waals surface area contributed by atoms with E-state index in [4.69, 9.17) is 0 Å². The first kappa shape index (κ1) is 13.6. The number of aryl methyl sites for hydroxylation is 3. The van der Waals surface area contributed by atoms with Gasteiger partial charge in [-0.25, -0.2) is 15.0 Å². The summed E-state index contributed by atoms with van der Waals surface area (Å²) >= 11 is 4.85. The van der Waals surface area contributed by atoms with Gasteiger partial charge in [0.1, 0.15) is 21.5 Å². The van der Waals surface area contributed by atoms with E-state index in [0.29, 0.717) is 5.92 Å². The minimum Gasteiger partial charge on any atom is -0.226 e.